The lowest BCUT2D eigenvalue weighted by atomic mass is 9.94. The molecule has 1 saturated carbocycles. The third kappa shape index (κ3) is 3.77. The Morgan fingerprint density at radius 2 is 2.26 bits per heavy atom. The lowest BCUT2D eigenvalue weighted by Crippen LogP contribution is -2.29. The molecule has 1 aliphatic rings. The molecule has 19 heavy (non-hydrogen) atoms. The highest BCUT2D eigenvalue weighted by Gasteiger charge is 2.22. The Bertz CT molecular complexity index is 465. The van der Waals surface area contributed by atoms with E-state index in [1.54, 1.807) is 0 Å². The van der Waals surface area contributed by atoms with Crippen LogP contribution >= 0.6 is 35.6 Å². The van der Waals surface area contributed by atoms with Crippen LogP contribution in [0.15, 0.2) is 18.2 Å². The van der Waals surface area contributed by atoms with Gasteiger partial charge in [0.05, 0.1) is 10.6 Å². The van der Waals surface area contributed by atoms with E-state index in [-0.39, 0.29) is 0 Å². The number of anilines is 1. The fourth-order valence-electron chi connectivity index (χ4n) is 2.60. The van der Waals surface area contributed by atoms with Crippen molar-refractivity contribution in [3.63, 3.8) is 0 Å². The molecule has 2 atom stereocenters. The van der Waals surface area contributed by atoms with Gasteiger partial charge in [-0.2, -0.15) is 11.8 Å². The van der Waals surface area contributed by atoms with Crippen molar-refractivity contribution in [3.8, 4) is 0 Å². The smallest absolute Gasteiger partial charge is 0.107 e. The first-order valence-corrected chi connectivity index (χ1v) is 8.57. The van der Waals surface area contributed by atoms with Gasteiger partial charge >= 0.3 is 0 Å². The molecule has 2 unspecified atom stereocenters. The molecule has 1 aromatic carbocycles. The number of nitrogens with two attached hydrogens (primary N) is 1. The van der Waals surface area contributed by atoms with Crippen LogP contribution in [0.2, 0.25) is 5.02 Å². The number of rotatable bonds is 4. The van der Waals surface area contributed by atoms with E-state index < -0.39 is 0 Å². The highest BCUT2D eigenvalue weighted by molar-refractivity contribution is 7.99. The standard InChI is InChI=1S/C14H19ClN2S2/c1-19-10-5-2-4-9(8-10)17-12-7-3-6-11(15)13(12)14(16)18/h3,6-7,9-10,17H,2,4-5,8H2,1H3,(H2,16,18). The third-order valence-electron chi connectivity index (χ3n) is 3.58. The zero-order valence-electron chi connectivity index (χ0n) is 11.0. The number of thioether (sulfide) groups is 1. The summed E-state index contributed by atoms with van der Waals surface area (Å²) in [6, 6.07) is 6.25. The Balaban J connectivity index is 2.14. The zero-order chi connectivity index (χ0) is 13.8. The molecule has 2 nitrogen and oxygen atoms in total. The van der Waals surface area contributed by atoms with E-state index in [1.807, 2.05) is 30.0 Å². The Labute approximate surface area is 129 Å². The molecule has 1 aliphatic carbocycles. The fourth-order valence-corrected chi connectivity index (χ4v) is 3.98. The molecule has 0 saturated heterocycles. The van der Waals surface area contributed by atoms with Gasteiger partial charge in [0.15, 0.2) is 0 Å². The van der Waals surface area contributed by atoms with E-state index in [2.05, 4.69) is 11.6 Å². The summed E-state index contributed by atoms with van der Waals surface area (Å²) in [7, 11) is 0. The van der Waals surface area contributed by atoms with Crippen LogP contribution in [-0.4, -0.2) is 22.5 Å². The van der Waals surface area contributed by atoms with E-state index in [0.29, 0.717) is 16.1 Å². The number of hydrogen-bond donors (Lipinski definition) is 2. The first kappa shape index (κ1) is 14.9. The van der Waals surface area contributed by atoms with Gasteiger partial charge in [-0.25, -0.2) is 0 Å². The summed E-state index contributed by atoms with van der Waals surface area (Å²) < 4.78 is 0. The van der Waals surface area contributed by atoms with Gasteiger partial charge in [-0.05, 0) is 37.7 Å². The predicted molar refractivity (Wildman–Crippen MR) is 90.5 cm³/mol. The van der Waals surface area contributed by atoms with Crippen LogP contribution in [0.1, 0.15) is 31.2 Å². The third-order valence-corrected chi connectivity index (χ3v) is 5.19. The van der Waals surface area contributed by atoms with Crippen LogP contribution in [0.25, 0.3) is 0 Å². The quantitative estimate of drug-likeness (QED) is 0.822. The Morgan fingerprint density at radius 1 is 1.47 bits per heavy atom. The summed E-state index contributed by atoms with van der Waals surface area (Å²) in [5, 5.41) is 4.94. The molecule has 0 amide bonds. The van der Waals surface area contributed by atoms with Crippen molar-refractivity contribution in [1.29, 1.82) is 0 Å². The van der Waals surface area contributed by atoms with Crippen LogP contribution in [-0.2, 0) is 0 Å². The van der Waals surface area contributed by atoms with Crippen LogP contribution in [0.3, 0.4) is 0 Å². The number of benzene rings is 1. The van der Waals surface area contributed by atoms with Crippen molar-refractivity contribution in [2.45, 2.75) is 37.0 Å². The van der Waals surface area contributed by atoms with Gasteiger partial charge in [-0.1, -0.05) is 36.3 Å². The maximum atomic E-state index is 6.19. The summed E-state index contributed by atoms with van der Waals surface area (Å²) in [5.41, 5.74) is 7.51. The summed E-state index contributed by atoms with van der Waals surface area (Å²) in [6.07, 6.45) is 7.15. The van der Waals surface area contributed by atoms with E-state index in [9.17, 15) is 0 Å². The molecular weight excluding hydrogens is 296 g/mol. The minimum atomic E-state index is 0.352. The largest absolute Gasteiger partial charge is 0.389 e. The van der Waals surface area contributed by atoms with Gasteiger partial charge < -0.3 is 11.1 Å². The van der Waals surface area contributed by atoms with E-state index in [1.165, 1.54) is 25.7 Å². The maximum absolute atomic E-state index is 6.19. The van der Waals surface area contributed by atoms with Gasteiger partial charge in [-0.3, -0.25) is 0 Å². The first-order valence-electron chi connectivity index (χ1n) is 6.49. The van der Waals surface area contributed by atoms with Crippen LogP contribution in [0, 0.1) is 0 Å². The second-order valence-electron chi connectivity index (χ2n) is 4.89. The molecule has 5 heteroatoms. The molecule has 1 aromatic rings. The second kappa shape index (κ2) is 6.82. The topological polar surface area (TPSA) is 38.0 Å². The van der Waals surface area contributed by atoms with Crippen LogP contribution in [0.5, 0.6) is 0 Å². The molecule has 0 heterocycles. The van der Waals surface area contributed by atoms with Crippen molar-refractivity contribution in [3.05, 3.63) is 28.8 Å². The molecule has 1 fully saturated rings. The monoisotopic (exact) mass is 314 g/mol. The molecule has 0 spiro atoms. The average Bonchev–Trinajstić information content (AvgIpc) is 2.38. The molecule has 0 bridgehead atoms. The minimum Gasteiger partial charge on any atom is -0.389 e. The second-order valence-corrected chi connectivity index (χ2v) is 6.88. The van der Waals surface area contributed by atoms with Crippen molar-refractivity contribution in [1.82, 2.24) is 0 Å². The number of thiocarbonyl (C=S) groups is 1. The van der Waals surface area contributed by atoms with Gasteiger partial charge in [0.1, 0.15) is 4.99 Å². The number of hydrogen-bond acceptors (Lipinski definition) is 3. The summed E-state index contributed by atoms with van der Waals surface area (Å²) >= 11 is 13.2. The van der Waals surface area contributed by atoms with Crippen LogP contribution in [0.4, 0.5) is 5.69 Å². The van der Waals surface area contributed by atoms with Crippen molar-refractivity contribution in [2.75, 3.05) is 11.6 Å². The number of nitrogens with one attached hydrogen (secondary N) is 1. The van der Waals surface area contributed by atoms with Gasteiger partial charge in [0, 0.05) is 17.0 Å². The van der Waals surface area contributed by atoms with E-state index >= 15 is 0 Å². The van der Waals surface area contributed by atoms with E-state index in [0.717, 1.165) is 16.5 Å². The lowest BCUT2D eigenvalue weighted by molar-refractivity contribution is 0.473. The normalized spacial score (nSPS) is 23.1. The fraction of sp³-hybridized carbons (Fsp3) is 0.500. The molecule has 104 valence electrons. The Hall–Kier alpha value is -0.450. The van der Waals surface area contributed by atoms with Gasteiger partial charge in [0.2, 0.25) is 0 Å². The lowest BCUT2D eigenvalue weighted by Gasteiger charge is -2.30. The minimum absolute atomic E-state index is 0.352. The first-order chi connectivity index (χ1) is 9.11. The van der Waals surface area contributed by atoms with Crippen molar-refractivity contribution in [2.24, 2.45) is 5.73 Å². The molecule has 0 radical (unpaired) electrons. The highest BCUT2D eigenvalue weighted by Crippen LogP contribution is 2.31. The van der Waals surface area contributed by atoms with Gasteiger partial charge in [0.25, 0.3) is 0 Å². The Kier molecular flexibility index (Phi) is 5.37. The summed E-state index contributed by atoms with van der Waals surface area (Å²) in [5.74, 6) is 0. The Morgan fingerprint density at radius 3 is 2.95 bits per heavy atom. The van der Waals surface area contributed by atoms with Crippen LogP contribution < -0.4 is 11.1 Å². The molecule has 3 N–H and O–H groups in total. The molecule has 0 aliphatic heterocycles. The molecule has 0 aromatic heterocycles. The summed E-state index contributed by atoms with van der Waals surface area (Å²) in [6.45, 7) is 0. The molecule has 2 rings (SSSR count). The molecular formula is C14H19ClN2S2. The predicted octanol–water partition coefficient (Wildman–Crippen LogP) is 4.06. The SMILES string of the molecule is CSC1CCCC(Nc2cccc(Cl)c2C(N)=S)C1. The van der Waals surface area contributed by atoms with E-state index in [4.69, 9.17) is 29.6 Å². The summed E-state index contributed by atoms with van der Waals surface area (Å²) in [4.78, 5) is 0.352. The average molecular weight is 315 g/mol. The van der Waals surface area contributed by atoms with Gasteiger partial charge in [-0.15, -0.1) is 0 Å². The number of halogens is 1. The van der Waals surface area contributed by atoms with Crippen molar-refractivity contribution < 1.29 is 0 Å². The highest BCUT2D eigenvalue weighted by atomic mass is 35.5. The van der Waals surface area contributed by atoms with Crippen molar-refractivity contribution >= 4 is 46.3 Å². The maximum Gasteiger partial charge on any atom is 0.107 e. The zero-order valence-corrected chi connectivity index (χ0v) is 13.4.